The van der Waals surface area contributed by atoms with Crippen molar-refractivity contribution in [2.24, 2.45) is 0 Å². The van der Waals surface area contributed by atoms with E-state index in [1.807, 2.05) is 23.1 Å². The van der Waals surface area contributed by atoms with E-state index in [-0.39, 0.29) is 30.3 Å². The molecule has 7 heteroatoms. The van der Waals surface area contributed by atoms with Crippen molar-refractivity contribution in [2.45, 2.75) is 31.7 Å². The summed E-state index contributed by atoms with van der Waals surface area (Å²) in [5.41, 5.74) is 1.22. The smallest absolute Gasteiger partial charge is 0.237 e. The molecule has 1 aromatic carbocycles. The van der Waals surface area contributed by atoms with Gasteiger partial charge in [-0.2, -0.15) is 0 Å². The minimum atomic E-state index is -0.0400. The number of nitrogens with zero attached hydrogens (tertiary/aromatic N) is 2. The van der Waals surface area contributed by atoms with Gasteiger partial charge in [-0.25, -0.2) is 0 Å². The van der Waals surface area contributed by atoms with Gasteiger partial charge in [-0.05, 0) is 37.9 Å². The van der Waals surface area contributed by atoms with Crippen LogP contribution in [0.25, 0.3) is 0 Å². The predicted octanol–water partition coefficient (Wildman–Crippen LogP) is 1.41. The van der Waals surface area contributed by atoms with E-state index in [0.29, 0.717) is 19.4 Å². The molecule has 0 aromatic heterocycles. The third kappa shape index (κ3) is 5.61. The first-order valence-electron chi connectivity index (χ1n) is 9.33. The van der Waals surface area contributed by atoms with E-state index in [1.165, 1.54) is 5.69 Å². The number of rotatable bonds is 6. The summed E-state index contributed by atoms with van der Waals surface area (Å²) in [6.45, 7) is 4.79. The lowest BCUT2D eigenvalue weighted by Gasteiger charge is -2.36. The van der Waals surface area contributed by atoms with E-state index in [2.05, 4.69) is 27.7 Å². The molecule has 0 bridgehead atoms. The number of carbonyl (C=O) groups excluding carboxylic acids is 2. The van der Waals surface area contributed by atoms with Crippen molar-refractivity contribution < 1.29 is 9.59 Å². The fraction of sp³-hybridized carbons (Fsp3) is 0.579. The fourth-order valence-corrected chi connectivity index (χ4v) is 3.49. The van der Waals surface area contributed by atoms with Gasteiger partial charge in [0.25, 0.3) is 0 Å². The first kappa shape index (κ1) is 20.5. The molecule has 2 N–H and O–H groups in total. The average Bonchev–Trinajstić information content (AvgIpc) is 3.21. The van der Waals surface area contributed by atoms with E-state index in [9.17, 15) is 9.59 Å². The number of hydrogen-bond acceptors (Lipinski definition) is 4. The van der Waals surface area contributed by atoms with E-state index < -0.39 is 0 Å². The summed E-state index contributed by atoms with van der Waals surface area (Å²) in [6.07, 6.45) is 3.18. The predicted molar refractivity (Wildman–Crippen MR) is 106 cm³/mol. The third-order valence-electron chi connectivity index (χ3n) is 5.00. The monoisotopic (exact) mass is 380 g/mol. The van der Waals surface area contributed by atoms with Crippen LogP contribution in [0.3, 0.4) is 0 Å². The summed E-state index contributed by atoms with van der Waals surface area (Å²) in [6, 6.07) is 10.3. The second-order valence-electron chi connectivity index (χ2n) is 6.75. The van der Waals surface area contributed by atoms with Crippen molar-refractivity contribution >= 4 is 29.9 Å². The largest absolute Gasteiger partial charge is 0.368 e. The lowest BCUT2D eigenvalue weighted by molar-refractivity contribution is -0.131. The Balaban J connectivity index is 0.00000243. The van der Waals surface area contributed by atoms with Gasteiger partial charge in [0.1, 0.15) is 0 Å². The number of carbonyl (C=O) groups is 2. The highest BCUT2D eigenvalue weighted by Crippen LogP contribution is 2.16. The van der Waals surface area contributed by atoms with Gasteiger partial charge in [0.15, 0.2) is 0 Å². The van der Waals surface area contributed by atoms with Crippen molar-refractivity contribution in [3.05, 3.63) is 30.3 Å². The summed E-state index contributed by atoms with van der Waals surface area (Å²) < 4.78 is 0. The van der Waals surface area contributed by atoms with Crippen LogP contribution in [0.2, 0.25) is 0 Å². The van der Waals surface area contributed by atoms with Crippen molar-refractivity contribution in [1.29, 1.82) is 0 Å². The summed E-state index contributed by atoms with van der Waals surface area (Å²) >= 11 is 0. The molecular formula is C19H29ClN4O2. The summed E-state index contributed by atoms with van der Waals surface area (Å²) in [5.74, 6) is 0.266. The SMILES string of the molecule is Cl.O=C(NCCCC(=O)N1CCN(c2ccccc2)CC1)[C@@H]1CCCN1. The molecule has 2 amide bonds. The van der Waals surface area contributed by atoms with Crippen LogP contribution >= 0.6 is 12.4 Å². The van der Waals surface area contributed by atoms with E-state index in [1.54, 1.807) is 0 Å². The van der Waals surface area contributed by atoms with E-state index in [4.69, 9.17) is 0 Å². The molecule has 2 fully saturated rings. The molecule has 2 aliphatic heterocycles. The Kier molecular flexibility index (Phi) is 8.19. The number of hydrogen-bond donors (Lipinski definition) is 2. The van der Waals surface area contributed by atoms with Crippen LogP contribution < -0.4 is 15.5 Å². The second-order valence-corrected chi connectivity index (χ2v) is 6.75. The Morgan fingerprint density at radius 2 is 1.85 bits per heavy atom. The van der Waals surface area contributed by atoms with Crippen LogP contribution in [-0.2, 0) is 9.59 Å². The van der Waals surface area contributed by atoms with Gasteiger partial charge >= 0.3 is 0 Å². The van der Waals surface area contributed by atoms with Crippen LogP contribution in [0.5, 0.6) is 0 Å². The topological polar surface area (TPSA) is 64.7 Å². The maximum Gasteiger partial charge on any atom is 0.237 e. The molecule has 2 saturated heterocycles. The van der Waals surface area contributed by atoms with Gasteiger partial charge in [-0.3, -0.25) is 9.59 Å². The fourth-order valence-electron chi connectivity index (χ4n) is 3.49. The number of halogens is 1. The Labute approximate surface area is 161 Å². The summed E-state index contributed by atoms with van der Waals surface area (Å²) in [5, 5.41) is 6.11. The van der Waals surface area contributed by atoms with Crippen LogP contribution in [0.1, 0.15) is 25.7 Å². The normalized spacial score (nSPS) is 19.8. The highest BCUT2D eigenvalue weighted by molar-refractivity contribution is 5.85. The number of para-hydroxylation sites is 1. The van der Waals surface area contributed by atoms with Crippen LogP contribution in [0, 0.1) is 0 Å². The van der Waals surface area contributed by atoms with Gasteiger partial charge in [0.05, 0.1) is 6.04 Å². The Morgan fingerprint density at radius 3 is 2.50 bits per heavy atom. The first-order chi connectivity index (χ1) is 12.2. The summed E-state index contributed by atoms with van der Waals surface area (Å²) in [4.78, 5) is 28.5. The minimum absolute atomic E-state index is 0. The molecule has 0 saturated carbocycles. The molecule has 2 heterocycles. The second kappa shape index (κ2) is 10.4. The van der Waals surface area contributed by atoms with Gasteiger partial charge in [0, 0.05) is 44.8 Å². The van der Waals surface area contributed by atoms with Gasteiger partial charge in [-0.1, -0.05) is 18.2 Å². The standard InChI is InChI=1S/C19H28N4O2.ClH/c24-18(9-5-11-21-19(25)17-8-4-10-20-17)23-14-12-22(13-15-23)16-6-2-1-3-7-16;/h1-3,6-7,17,20H,4-5,8-15H2,(H,21,25);1H/t17-;/m0./s1. The number of amides is 2. The Morgan fingerprint density at radius 1 is 1.12 bits per heavy atom. The van der Waals surface area contributed by atoms with Gasteiger partial charge < -0.3 is 20.4 Å². The highest BCUT2D eigenvalue weighted by atomic mass is 35.5. The van der Waals surface area contributed by atoms with Crippen LogP contribution in [0.15, 0.2) is 30.3 Å². The molecular weight excluding hydrogens is 352 g/mol. The van der Waals surface area contributed by atoms with Gasteiger partial charge in [0.2, 0.25) is 11.8 Å². The molecule has 26 heavy (non-hydrogen) atoms. The third-order valence-corrected chi connectivity index (χ3v) is 5.00. The number of anilines is 1. The maximum absolute atomic E-state index is 12.3. The summed E-state index contributed by atoms with van der Waals surface area (Å²) in [7, 11) is 0. The molecule has 6 nitrogen and oxygen atoms in total. The molecule has 144 valence electrons. The van der Waals surface area contributed by atoms with Gasteiger partial charge in [-0.15, -0.1) is 12.4 Å². The Hall–Kier alpha value is -1.79. The molecule has 0 aliphatic carbocycles. The zero-order chi connectivity index (χ0) is 17.5. The Bertz CT molecular complexity index is 570. The van der Waals surface area contributed by atoms with Crippen molar-refractivity contribution in [2.75, 3.05) is 44.2 Å². The number of benzene rings is 1. The lowest BCUT2D eigenvalue weighted by atomic mass is 10.2. The van der Waals surface area contributed by atoms with Crippen LogP contribution in [0.4, 0.5) is 5.69 Å². The molecule has 1 atom stereocenters. The van der Waals surface area contributed by atoms with Crippen LogP contribution in [-0.4, -0.2) is 62.0 Å². The molecule has 0 unspecified atom stereocenters. The molecule has 0 spiro atoms. The highest BCUT2D eigenvalue weighted by Gasteiger charge is 2.22. The number of nitrogens with one attached hydrogen (secondary N) is 2. The molecule has 0 radical (unpaired) electrons. The first-order valence-corrected chi connectivity index (χ1v) is 9.33. The van der Waals surface area contributed by atoms with Crippen molar-refractivity contribution in [3.8, 4) is 0 Å². The molecule has 3 rings (SSSR count). The lowest BCUT2D eigenvalue weighted by Crippen LogP contribution is -2.49. The zero-order valence-electron chi connectivity index (χ0n) is 15.2. The molecule has 2 aliphatic rings. The average molecular weight is 381 g/mol. The zero-order valence-corrected chi connectivity index (χ0v) is 16.0. The van der Waals surface area contributed by atoms with Crippen molar-refractivity contribution in [3.63, 3.8) is 0 Å². The quantitative estimate of drug-likeness (QED) is 0.732. The van der Waals surface area contributed by atoms with E-state index >= 15 is 0 Å². The van der Waals surface area contributed by atoms with Crippen molar-refractivity contribution in [1.82, 2.24) is 15.5 Å². The minimum Gasteiger partial charge on any atom is -0.368 e. The number of piperazine rings is 1. The maximum atomic E-state index is 12.3. The van der Waals surface area contributed by atoms with E-state index in [0.717, 1.165) is 45.6 Å². The molecule has 1 aromatic rings.